The number of halogens is 3. The molecule has 1 fully saturated rings. The lowest BCUT2D eigenvalue weighted by molar-refractivity contribution is -0.137. The molecule has 1 unspecified atom stereocenters. The number of benzene rings is 1. The van der Waals surface area contributed by atoms with Gasteiger partial charge < -0.3 is 15.2 Å². The van der Waals surface area contributed by atoms with E-state index >= 15 is 0 Å². The molecule has 0 saturated carbocycles. The molecule has 134 valence electrons. The van der Waals surface area contributed by atoms with Crippen LogP contribution in [0.25, 0.3) is 11.1 Å². The van der Waals surface area contributed by atoms with E-state index in [2.05, 4.69) is 4.98 Å². The van der Waals surface area contributed by atoms with Crippen molar-refractivity contribution in [2.45, 2.75) is 19.0 Å². The van der Waals surface area contributed by atoms with E-state index < -0.39 is 11.7 Å². The lowest BCUT2D eigenvalue weighted by atomic mass is 10.0. The van der Waals surface area contributed by atoms with Gasteiger partial charge in [0.25, 0.3) is 0 Å². The average molecular weight is 352 g/mol. The standard InChI is InChI=1S/C18H19F3N2O2/c19-18(20,21)14-7-13(16-10-23-4-1-17(16)22)8-15(9-14)25-6-3-12-2-5-24-11-12/h1,4,7-10,12H,2-3,5-6,11H2,(H2,22,23). The Kier molecular flexibility index (Phi) is 5.13. The fourth-order valence-corrected chi connectivity index (χ4v) is 2.80. The Morgan fingerprint density at radius 3 is 2.80 bits per heavy atom. The van der Waals surface area contributed by atoms with Crippen LogP contribution >= 0.6 is 0 Å². The molecule has 4 nitrogen and oxygen atoms in total. The van der Waals surface area contributed by atoms with E-state index in [1.165, 1.54) is 12.4 Å². The number of nitrogens with zero attached hydrogens (tertiary/aromatic N) is 1. The maximum Gasteiger partial charge on any atom is 0.416 e. The maximum absolute atomic E-state index is 13.2. The molecular weight excluding hydrogens is 333 g/mol. The molecule has 0 radical (unpaired) electrons. The lowest BCUT2D eigenvalue weighted by Crippen LogP contribution is -2.09. The summed E-state index contributed by atoms with van der Waals surface area (Å²) in [7, 11) is 0. The van der Waals surface area contributed by atoms with Gasteiger partial charge in [-0.2, -0.15) is 13.2 Å². The van der Waals surface area contributed by atoms with E-state index in [9.17, 15) is 13.2 Å². The first-order valence-corrected chi connectivity index (χ1v) is 8.06. The van der Waals surface area contributed by atoms with Crippen LogP contribution < -0.4 is 10.5 Å². The van der Waals surface area contributed by atoms with E-state index in [-0.39, 0.29) is 5.75 Å². The van der Waals surface area contributed by atoms with Gasteiger partial charge in [-0.25, -0.2) is 0 Å². The van der Waals surface area contributed by atoms with E-state index in [0.717, 1.165) is 31.6 Å². The van der Waals surface area contributed by atoms with Gasteiger partial charge in [-0.15, -0.1) is 0 Å². The highest BCUT2D eigenvalue weighted by Crippen LogP contribution is 2.37. The number of aromatic nitrogens is 1. The monoisotopic (exact) mass is 352 g/mol. The van der Waals surface area contributed by atoms with Crippen molar-refractivity contribution >= 4 is 5.69 Å². The van der Waals surface area contributed by atoms with Crippen LogP contribution in [0, 0.1) is 5.92 Å². The molecule has 1 saturated heterocycles. The Morgan fingerprint density at radius 2 is 2.12 bits per heavy atom. The highest BCUT2D eigenvalue weighted by Gasteiger charge is 2.31. The SMILES string of the molecule is Nc1ccncc1-c1cc(OCCC2CCOC2)cc(C(F)(F)F)c1. The largest absolute Gasteiger partial charge is 0.494 e. The van der Waals surface area contributed by atoms with Crippen molar-refractivity contribution in [3.05, 3.63) is 42.2 Å². The van der Waals surface area contributed by atoms with Gasteiger partial charge in [0.05, 0.1) is 12.2 Å². The Bertz CT molecular complexity index is 729. The topological polar surface area (TPSA) is 57.4 Å². The van der Waals surface area contributed by atoms with Gasteiger partial charge >= 0.3 is 6.18 Å². The van der Waals surface area contributed by atoms with Gasteiger partial charge in [0, 0.05) is 36.9 Å². The number of anilines is 1. The quantitative estimate of drug-likeness (QED) is 0.878. The Labute approximate surface area is 143 Å². The second-order valence-corrected chi connectivity index (χ2v) is 6.07. The highest BCUT2D eigenvalue weighted by molar-refractivity contribution is 5.76. The summed E-state index contributed by atoms with van der Waals surface area (Å²) in [6, 6.07) is 5.19. The van der Waals surface area contributed by atoms with E-state index in [1.54, 1.807) is 12.1 Å². The zero-order valence-corrected chi connectivity index (χ0v) is 13.6. The second-order valence-electron chi connectivity index (χ2n) is 6.07. The van der Waals surface area contributed by atoms with Crippen LogP contribution in [-0.4, -0.2) is 24.8 Å². The van der Waals surface area contributed by atoms with E-state index in [1.807, 2.05) is 0 Å². The number of hydrogen-bond acceptors (Lipinski definition) is 4. The first-order chi connectivity index (χ1) is 11.9. The minimum Gasteiger partial charge on any atom is -0.494 e. The number of nitrogens with two attached hydrogens (primary N) is 1. The molecule has 1 aromatic carbocycles. The smallest absolute Gasteiger partial charge is 0.416 e. The molecular formula is C18H19F3N2O2. The summed E-state index contributed by atoms with van der Waals surface area (Å²) in [6.45, 7) is 1.76. The van der Waals surface area contributed by atoms with Crippen molar-refractivity contribution in [1.29, 1.82) is 0 Å². The third-order valence-electron chi connectivity index (χ3n) is 4.22. The third-order valence-corrected chi connectivity index (χ3v) is 4.22. The molecule has 2 N–H and O–H groups in total. The molecule has 1 atom stereocenters. The maximum atomic E-state index is 13.2. The summed E-state index contributed by atoms with van der Waals surface area (Å²) in [5, 5.41) is 0. The predicted molar refractivity (Wildman–Crippen MR) is 88.1 cm³/mol. The molecule has 1 aromatic heterocycles. The predicted octanol–water partition coefficient (Wildman–Crippen LogP) is 4.16. The number of alkyl halides is 3. The Morgan fingerprint density at radius 1 is 1.28 bits per heavy atom. The number of pyridine rings is 1. The van der Waals surface area contributed by atoms with Gasteiger partial charge in [0.2, 0.25) is 0 Å². The molecule has 2 heterocycles. The van der Waals surface area contributed by atoms with Crippen LogP contribution in [0.3, 0.4) is 0 Å². The lowest BCUT2D eigenvalue weighted by Gasteiger charge is -2.15. The Balaban J connectivity index is 1.84. The van der Waals surface area contributed by atoms with Crippen LogP contribution in [0.2, 0.25) is 0 Å². The van der Waals surface area contributed by atoms with Crippen LogP contribution in [0.4, 0.5) is 18.9 Å². The summed E-state index contributed by atoms with van der Waals surface area (Å²) in [5.41, 5.74) is 6.24. The first-order valence-electron chi connectivity index (χ1n) is 8.06. The highest BCUT2D eigenvalue weighted by atomic mass is 19.4. The second kappa shape index (κ2) is 7.31. The average Bonchev–Trinajstić information content (AvgIpc) is 3.07. The van der Waals surface area contributed by atoms with Crippen LogP contribution in [0.15, 0.2) is 36.7 Å². The number of ether oxygens (including phenoxy) is 2. The molecule has 2 aromatic rings. The molecule has 7 heteroatoms. The van der Waals surface area contributed by atoms with Crippen molar-refractivity contribution in [3.63, 3.8) is 0 Å². The van der Waals surface area contributed by atoms with Gasteiger partial charge in [-0.1, -0.05) is 0 Å². The molecule has 3 rings (SSSR count). The first kappa shape index (κ1) is 17.5. The van der Waals surface area contributed by atoms with Gasteiger partial charge in [-0.05, 0) is 48.6 Å². The van der Waals surface area contributed by atoms with Gasteiger partial charge in [0.15, 0.2) is 0 Å². The van der Waals surface area contributed by atoms with Crippen molar-refractivity contribution in [1.82, 2.24) is 4.98 Å². The minimum atomic E-state index is -4.47. The van der Waals surface area contributed by atoms with Crippen molar-refractivity contribution in [2.75, 3.05) is 25.6 Å². The van der Waals surface area contributed by atoms with Crippen molar-refractivity contribution in [2.24, 2.45) is 5.92 Å². The fourth-order valence-electron chi connectivity index (χ4n) is 2.80. The van der Waals surface area contributed by atoms with Crippen molar-refractivity contribution in [3.8, 4) is 16.9 Å². The number of nitrogen functional groups attached to an aromatic ring is 1. The fraction of sp³-hybridized carbons (Fsp3) is 0.389. The molecule has 0 aliphatic carbocycles. The van der Waals surface area contributed by atoms with E-state index in [0.29, 0.717) is 35.9 Å². The normalized spacial score (nSPS) is 17.6. The molecule has 25 heavy (non-hydrogen) atoms. The minimum absolute atomic E-state index is 0.173. The van der Waals surface area contributed by atoms with Gasteiger partial charge in [0.1, 0.15) is 5.75 Å². The van der Waals surface area contributed by atoms with Gasteiger partial charge in [-0.3, -0.25) is 4.98 Å². The van der Waals surface area contributed by atoms with Crippen molar-refractivity contribution < 1.29 is 22.6 Å². The zero-order valence-electron chi connectivity index (χ0n) is 13.6. The number of hydrogen-bond donors (Lipinski definition) is 1. The van der Waals surface area contributed by atoms with Crippen LogP contribution in [0.5, 0.6) is 5.75 Å². The number of rotatable bonds is 5. The molecule has 0 amide bonds. The molecule has 0 spiro atoms. The van der Waals surface area contributed by atoms with Crippen LogP contribution in [0.1, 0.15) is 18.4 Å². The molecule has 1 aliphatic heterocycles. The summed E-state index contributed by atoms with van der Waals surface area (Å²) in [4.78, 5) is 3.94. The van der Waals surface area contributed by atoms with Crippen LogP contribution in [-0.2, 0) is 10.9 Å². The summed E-state index contributed by atoms with van der Waals surface area (Å²) in [6.07, 6.45) is 0.187. The molecule has 1 aliphatic rings. The summed E-state index contributed by atoms with van der Waals surface area (Å²) >= 11 is 0. The zero-order chi connectivity index (χ0) is 17.9. The summed E-state index contributed by atoms with van der Waals surface area (Å²) < 4.78 is 50.5. The van der Waals surface area contributed by atoms with E-state index in [4.69, 9.17) is 15.2 Å². The third kappa shape index (κ3) is 4.42. The Hall–Kier alpha value is -2.28. The summed E-state index contributed by atoms with van der Waals surface area (Å²) in [5.74, 6) is 0.575. The molecule has 0 bridgehead atoms.